The summed E-state index contributed by atoms with van der Waals surface area (Å²) >= 11 is 0. The van der Waals surface area contributed by atoms with Crippen molar-refractivity contribution in [2.24, 2.45) is 5.92 Å². The molecule has 1 aromatic carbocycles. The van der Waals surface area contributed by atoms with Crippen molar-refractivity contribution in [3.8, 4) is 0 Å². The lowest BCUT2D eigenvalue weighted by molar-refractivity contribution is 0.247. The Morgan fingerprint density at radius 3 is 2.39 bits per heavy atom. The number of hydrogen-bond acceptors (Lipinski definition) is 1. The number of hydrogen-bond donors (Lipinski definition) is 1. The Labute approximate surface area is 111 Å². The molecule has 0 bridgehead atoms. The molecule has 0 heterocycles. The van der Waals surface area contributed by atoms with E-state index in [1.807, 2.05) is 0 Å². The van der Waals surface area contributed by atoms with Crippen molar-refractivity contribution >= 4 is 0 Å². The third-order valence-electron chi connectivity index (χ3n) is 5.00. The Morgan fingerprint density at radius 1 is 1.06 bits per heavy atom. The fourth-order valence-electron chi connectivity index (χ4n) is 3.56. The molecule has 0 spiro atoms. The van der Waals surface area contributed by atoms with Crippen LogP contribution in [0.4, 0.5) is 0 Å². The number of benzene rings is 1. The molecule has 18 heavy (non-hydrogen) atoms. The molecule has 2 saturated carbocycles. The minimum Gasteiger partial charge on any atom is -0.311 e. The van der Waals surface area contributed by atoms with E-state index < -0.39 is 0 Å². The Hall–Kier alpha value is -0.820. The first-order chi connectivity index (χ1) is 8.72. The minimum absolute atomic E-state index is 0.779. The average molecular weight is 243 g/mol. The molecule has 1 N–H and O–H groups in total. The lowest BCUT2D eigenvalue weighted by Crippen LogP contribution is -2.46. The minimum atomic E-state index is 0.779. The molecular weight excluding hydrogens is 218 g/mol. The van der Waals surface area contributed by atoms with E-state index in [4.69, 9.17) is 0 Å². The van der Waals surface area contributed by atoms with Crippen LogP contribution in [0.5, 0.6) is 0 Å². The first-order valence-electron chi connectivity index (χ1n) is 7.55. The number of rotatable bonds is 3. The van der Waals surface area contributed by atoms with Gasteiger partial charge in [-0.05, 0) is 50.0 Å². The maximum Gasteiger partial charge on any atom is 0.00952 e. The third kappa shape index (κ3) is 2.47. The lowest BCUT2D eigenvalue weighted by Gasteiger charge is -2.39. The molecule has 1 nitrogen and oxygen atoms in total. The standard InChI is InChI=1S/C17H25N/c1-12-6-8-14(9-7-12)15-10-16(11-15)18-17-5-3-4-13(17)2/h6-9,13,15-18H,3-5,10-11H2,1-2H3. The van der Waals surface area contributed by atoms with Crippen molar-refractivity contribution in [2.75, 3.05) is 0 Å². The van der Waals surface area contributed by atoms with E-state index >= 15 is 0 Å². The van der Waals surface area contributed by atoms with Gasteiger partial charge in [-0.25, -0.2) is 0 Å². The van der Waals surface area contributed by atoms with Crippen molar-refractivity contribution in [1.29, 1.82) is 0 Å². The summed E-state index contributed by atoms with van der Waals surface area (Å²) in [6.45, 7) is 4.57. The second kappa shape index (κ2) is 5.05. The summed E-state index contributed by atoms with van der Waals surface area (Å²) in [6.07, 6.45) is 6.92. The Bertz CT molecular complexity index is 389. The van der Waals surface area contributed by atoms with Crippen LogP contribution in [0.15, 0.2) is 24.3 Å². The molecule has 0 aromatic heterocycles. The van der Waals surface area contributed by atoms with Crippen LogP contribution in [0.1, 0.15) is 56.1 Å². The molecule has 0 aliphatic heterocycles. The SMILES string of the molecule is Cc1ccc(C2CC(NC3CCCC3C)C2)cc1. The molecule has 2 aliphatic rings. The lowest BCUT2D eigenvalue weighted by atomic mass is 9.75. The van der Waals surface area contributed by atoms with E-state index in [9.17, 15) is 0 Å². The van der Waals surface area contributed by atoms with Crippen molar-refractivity contribution in [3.63, 3.8) is 0 Å². The van der Waals surface area contributed by atoms with Gasteiger partial charge >= 0.3 is 0 Å². The zero-order valence-electron chi connectivity index (χ0n) is 11.7. The van der Waals surface area contributed by atoms with Crippen molar-refractivity contribution in [3.05, 3.63) is 35.4 Å². The van der Waals surface area contributed by atoms with Crippen LogP contribution in [-0.4, -0.2) is 12.1 Å². The highest BCUT2D eigenvalue weighted by atomic mass is 15.0. The molecule has 0 amide bonds. The van der Waals surface area contributed by atoms with Crippen LogP contribution in [0, 0.1) is 12.8 Å². The fraction of sp³-hybridized carbons (Fsp3) is 0.647. The van der Waals surface area contributed by atoms with E-state index in [0.29, 0.717) is 0 Å². The predicted octanol–water partition coefficient (Wildman–Crippen LogP) is 4.02. The smallest absolute Gasteiger partial charge is 0.00952 e. The van der Waals surface area contributed by atoms with Gasteiger partial charge in [0.15, 0.2) is 0 Å². The summed E-state index contributed by atoms with van der Waals surface area (Å²) < 4.78 is 0. The molecule has 2 unspecified atom stereocenters. The van der Waals surface area contributed by atoms with Crippen molar-refractivity contribution < 1.29 is 0 Å². The van der Waals surface area contributed by atoms with Gasteiger partial charge in [-0.3, -0.25) is 0 Å². The molecule has 3 rings (SSSR count). The normalized spacial score (nSPS) is 35.4. The van der Waals surface area contributed by atoms with Gasteiger partial charge in [-0.15, -0.1) is 0 Å². The predicted molar refractivity (Wildman–Crippen MR) is 76.9 cm³/mol. The number of nitrogens with one attached hydrogen (secondary N) is 1. The topological polar surface area (TPSA) is 12.0 Å². The van der Waals surface area contributed by atoms with Gasteiger partial charge < -0.3 is 5.32 Å². The van der Waals surface area contributed by atoms with E-state index in [2.05, 4.69) is 43.4 Å². The summed E-state index contributed by atoms with van der Waals surface area (Å²) in [5.41, 5.74) is 2.91. The summed E-state index contributed by atoms with van der Waals surface area (Å²) in [5.74, 6) is 1.70. The highest BCUT2D eigenvalue weighted by Gasteiger charge is 2.33. The van der Waals surface area contributed by atoms with Gasteiger partial charge in [0.05, 0.1) is 0 Å². The Morgan fingerprint density at radius 2 is 1.78 bits per heavy atom. The van der Waals surface area contributed by atoms with Gasteiger partial charge in [-0.1, -0.05) is 43.2 Å². The van der Waals surface area contributed by atoms with Gasteiger partial charge in [0.2, 0.25) is 0 Å². The molecule has 0 radical (unpaired) electrons. The molecule has 2 atom stereocenters. The monoisotopic (exact) mass is 243 g/mol. The van der Waals surface area contributed by atoms with Crippen LogP contribution in [0.25, 0.3) is 0 Å². The second-order valence-corrected chi connectivity index (χ2v) is 6.46. The quantitative estimate of drug-likeness (QED) is 0.845. The Kier molecular flexibility index (Phi) is 3.43. The van der Waals surface area contributed by atoms with Crippen LogP contribution < -0.4 is 5.32 Å². The second-order valence-electron chi connectivity index (χ2n) is 6.46. The number of aryl methyl sites for hydroxylation is 1. The largest absolute Gasteiger partial charge is 0.311 e. The van der Waals surface area contributed by atoms with Gasteiger partial charge in [0, 0.05) is 12.1 Å². The summed E-state index contributed by atoms with van der Waals surface area (Å²) in [4.78, 5) is 0. The molecule has 2 fully saturated rings. The first kappa shape index (κ1) is 12.2. The molecule has 98 valence electrons. The summed E-state index contributed by atoms with van der Waals surface area (Å²) in [6, 6.07) is 10.7. The molecule has 2 aliphatic carbocycles. The zero-order valence-corrected chi connectivity index (χ0v) is 11.7. The van der Waals surface area contributed by atoms with Crippen LogP contribution >= 0.6 is 0 Å². The maximum atomic E-state index is 3.88. The molecule has 1 heteroatoms. The first-order valence-corrected chi connectivity index (χ1v) is 7.55. The summed E-state index contributed by atoms with van der Waals surface area (Å²) in [5, 5.41) is 3.88. The molecule has 0 saturated heterocycles. The fourth-order valence-corrected chi connectivity index (χ4v) is 3.56. The highest BCUT2D eigenvalue weighted by Crippen LogP contribution is 2.38. The maximum absolute atomic E-state index is 3.88. The average Bonchev–Trinajstić information content (AvgIpc) is 2.71. The zero-order chi connectivity index (χ0) is 12.5. The van der Waals surface area contributed by atoms with Gasteiger partial charge in [0.1, 0.15) is 0 Å². The van der Waals surface area contributed by atoms with Crippen LogP contribution in [0.3, 0.4) is 0 Å². The van der Waals surface area contributed by atoms with Crippen molar-refractivity contribution in [1.82, 2.24) is 5.32 Å². The molecule has 1 aromatic rings. The molecular formula is C17H25N. The van der Waals surface area contributed by atoms with Crippen LogP contribution in [0.2, 0.25) is 0 Å². The van der Waals surface area contributed by atoms with Crippen molar-refractivity contribution in [2.45, 2.75) is 64.0 Å². The highest BCUT2D eigenvalue weighted by molar-refractivity contribution is 5.26. The van der Waals surface area contributed by atoms with E-state index in [1.165, 1.54) is 43.2 Å². The Balaban J connectivity index is 1.49. The van der Waals surface area contributed by atoms with E-state index in [-0.39, 0.29) is 0 Å². The van der Waals surface area contributed by atoms with E-state index in [0.717, 1.165) is 23.9 Å². The van der Waals surface area contributed by atoms with Gasteiger partial charge in [0.25, 0.3) is 0 Å². The summed E-state index contributed by atoms with van der Waals surface area (Å²) in [7, 11) is 0. The van der Waals surface area contributed by atoms with Crippen LogP contribution in [-0.2, 0) is 0 Å². The third-order valence-corrected chi connectivity index (χ3v) is 5.00. The van der Waals surface area contributed by atoms with E-state index in [1.54, 1.807) is 0 Å². The van der Waals surface area contributed by atoms with Gasteiger partial charge in [-0.2, -0.15) is 0 Å².